The summed E-state index contributed by atoms with van der Waals surface area (Å²) >= 11 is 2.06. The van der Waals surface area contributed by atoms with Gasteiger partial charge >= 0.3 is 0 Å². The van der Waals surface area contributed by atoms with E-state index in [1.165, 1.54) is 0 Å². The highest BCUT2D eigenvalue weighted by atomic mass is 127. The Morgan fingerprint density at radius 2 is 2.16 bits per heavy atom. The van der Waals surface area contributed by atoms with Crippen molar-refractivity contribution in [3.63, 3.8) is 0 Å². The van der Waals surface area contributed by atoms with Gasteiger partial charge < -0.3 is 5.32 Å². The van der Waals surface area contributed by atoms with Gasteiger partial charge in [0.25, 0.3) is 5.69 Å². The fourth-order valence-corrected chi connectivity index (χ4v) is 2.08. The second-order valence-electron chi connectivity index (χ2n) is 4.08. The summed E-state index contributed by atoms with van der Waals surface area (Å²) in [6.45, 7) is 2.43. The molecule has 1 N–H and O–H groups in total. The standard InChI is InChI=1S/C13H12IN3O2/c1-9-2-3-10(7-15-9)8-16-12-5-4-11(14)6-13(12)17(18)19/h2-7,16H,8H2,1H3. The van der Waals surface area contributed by atoms with Gasteiger partial charge in [-0.05, 0) is 53.3 Å². The normalized spacial score (nSPS) is 10.2. The first-order valence-corrected chi connectivity index (χ1v) is 6.73. The molecule has 6 heteroatoms. The zero-order valence-electron chi connectivity index (χ0n) is 10.3. The minimum Gasteiger partial charge on any atom is -0.375 e. The molecule has 0 aliphatic carbocycles. The van der Waals surface area contributed by atoms with Crippen molar-refractivity contribution in [3.8, 4) is 0 Å². The van der Waals surface area contributed by atoms with Crippen LogP contribution in [0.3, 0.4) is 0 Å². The third kappa shape index (κ3) is 3.63. The molecule has 0 aliphatic heterocycles. The van der Waals surface area contributed by atoms with E-state index in [0.717, 1.165) is 14.8 Å². The molecule has 1 aromatic carbocycles. The van der Waals surface area contributed by atoms with Gasteiger partial charge in [-0.2, -0.15) is 0 Å². The fraction of sp³-hybridized carbons (Fsp3) is 0.154. The van der Waals surface area contributed by atoms with Crippen molar-refractivity contribution < 1.29 is 4.92 Å². The van der Waals surface area contributed by atoms with Crippen LogP contribution in [0.4, 0.5) is 11.4 Å². The van der Waals surface area contributed by atoms with Crippen molar-refractivity contribution in [3.05, 3.63) is 61.5 Å². The predicted molar refractivity (Wildman–Crippen MR) is 82.1 cm³/mol. The summed E-state index contributed by atoms with van der Waals surface area (Å²) in [5.41, 5.74) is 2.54. The summed E-state index contributed by atoms with van der Waals surface area (Å²) in [6, 6.07) is 8.98. The second-order valence-corrected chi connectivity index (χ2v) is 5.33. The molecule has 0 bridgehead atoms. The van der Waals surface area contributed by atoms with E-state index in [0.29, 0.717) is 12.2 Å². The van der Waals surface area contributed by atoms with E-state index in [1.807, 2.05) is 25.1 Å². The number of benzene rings is 1. The maximum Gasteiger partial charge on any atom is 0.293 e. The highest BCUT2D eigenvalue weighted by Crippen LogP contribution is 2.26. The number of aromatic nitrogens is 1. The molecule has 5 nitrogen and oxygen atoms in total. The molecule has 2 aromatic rings. The number of nitro groups is 1. The van der Waals surface area contributed by atoms with Gasteiger partial charge in [0.1, 0.15) is 5.69 Å². The summed E-state index contributed by atoms with van der Waals surface area (Å²) in [5.74, 6) is 0. The summed E-state index contributed by atoms with van der Waals surface area (Å²) in [7, 11) is 0. The van der Waals surface area contributed by atoms with Crippen LogP contribution in [0.2, 0.25) is 0 Å². The first kappa shape index (κ1) is 13.7. The van der Waals surface area contributed by atoms with Crippen molar-refractivity contribution in [1.82, 2.24) is 4.98 Å². The average Bonchev–Trinajstić information content (AvgIpc) is 2.39. The molecule has 0 aliphatic rings. The summed E-state index contributed by atoms with van der Waals surface area (Å²) < 4.78 is 0.840. The molecular weight excluding hydrogens is 357 g/mol. The zero-order chi connectivity index (χ0) is 13.8. The molecule has 0 amide bonds. The van der Waals surface area contributed by atoms with E-state index in [9.17, 15) is 10.1 Å². The van der Waals surface area contributed by atoms with Crippen molar-refractivity contribution in [2.75, 3.05) is 5.32 Å². The minimum absolute atomic E-state index is 0.0898. The molecule has 0 radical (unpaired) electrons. The molecule has 19 heavy (non-hydrogen) atoms. The maximum absolute atomic E-state index is 11.0. The zero-order valence-corrected chi connectivity index (χ0v) is 12.4. The number of nitro benzene ring substituents is 1. The lowest BCUT2D eigenvalue weighted by molar-refractivity contribution is -0.384. The van der Waals surface area contributed by atoms with Gasteiger partial charge in [-0.15, -0.1) is 0 Å². The molecular formula is C13H12IN3O2. The van der Waals surface area contributed by atoms with Gasteiger partial charge in [-0.1, -0.05) is 6.07 Å². The first-order valence-electron chi connectivity index (χ1n) is 5.65. The number of nitrogens with one attached hydrogen (secondary N) is 1. The highest BCUT2D eigenvalue weighted by Gasteiger charge is 2.13. The fourth-order valence-electron chi connectivity index (χ4n) is 1.61. The Kier molecular flexibility index (Phi) is 4.31. The van der Waals surface area contributed by atoms with E-state index in [4.69, 9.17) is 0 Å². The molecule has 98 valence electrons. The Morgan fingerprint density at radius 3 is 2.79 bits per heavy atom. The lowest BCUT2D eigenvalue weighted by Gasteiger charge is -2.07. The van der Waals surface area contributed by atoms with Crippen LogP contribution < -0.4 is 5.32 Å². The molecule has 0 saturated carbocycles. The average molecular weight is 369 g/mol. The number of pyridine rings is 1. The molecule has 2 rings (SSSR count). The molecule has 0 unspecified atom stereocenters. The summed E-state index contributed by atoms with van der Waals surface area (Å²) in [4.78, 5) is 14.8. The van der Waals surface area contributed by atoms with E-state index in [2.05, 4.69) is 32.9 Å². The second kappa shape index (κ2) is 5.96. The lowest BCUT2D eigenvalue weighted by atomic mass is 10.2. The van der Waals surface area contributed by atoms with Crippen LogP contribution >= 0.6 is 22.6 Å². The molecule has 0 spiro atoms. The van der Waals surface area contributed by atoms with Gasteiger partial charge in [-0.25, -0.2) is 0 Å². The maximum atomic E-state index is 11.0. The monoisotopic (exact) mass is 369 g/mol. The molecule has 0 atom stereocenters. The van der Waals surface area contributed by atoms with Crippen LogP contribution in [0.25, 0.3) is 0 Å². The van der Waals surface area contributed by atoms with Crippen molar-refractivity contribution in [2.45, 2.75) is 13.5 Å². The summed E-state index contributed by atoms with van der Waals surface area (Å²) in [6.07, 6.45) is 1.76. The van der Waals surface area contributed by atoms with Crippen LogP contribution in [0.15, 0.2) is 36.5 Å². The van der Waals surface area contributed by atoms with Crippen molar-refractivity contribution >= 4 is 34.0 Å². The molecule has 1 heterocycles. The van der Waals surface area contributed by atoms with E-state index >= 15 is 0 Å². The van der Waals surface area contributed by atoms with E-state index in [1.54, 1.807) is 18.3 Å². The van der Waals surface area contributed by atoms with Crippen LogP contribution in [-0.4, -0.2) is 9.91 Å². The molecule has 0 saturated heterocycles. The molecule has 1 aromatic heterocycles. The third-order valence-corrected chi connectivity index (χ3v) is 3.28. The Bertz CT molecular complexity index is 599. The van der Waals surface area contributed by atoms with Crippen LogP contribution in [0.5, 0.6) is 0 Å². The SMILES string of the molecule is Cc1ccc(CNc2ccc(I)cc2[N+](=O)[O-])cn1. The Labute approximate surface area is 124 Å². The number of aryl methyl sites for hydroxylation is 1. The highest BCUT2D eigenvalue weighted by molar-refractivity contribution is 14.1. The quantitative estimate of drug-likeness (QED) is 0.509. The first-order chi connectivity index (χ1) is 9.06. The number of hydrogen-bond donors (Lipinski definition) is 1. The number of hydrogen-bond acceptors (Lipinski definition) is 4. The van der Waals surface area contributed by atoms with Crippen molar-refractivity contribution in [2.24, 2.45) is 0 Å². The predicted octanol–water partition coefficient (Wildman–Crippen LogP) is 3.51. The number of halogens is 1. The largest absolute Gasteiger partial charge is 0.375 e. The Balaban J connectivity index is 2.15. The molecule has 0 fully saturated rings. The van der Waals surface area contributed by atoms with Gasteiger partial charge in [-0.3, -0.25) is 15.1 Å². The topological polar surface area (TPSA) is 68.1 Å². The van der Waals surface area contributed by atoms with Crippen LogP contribution in [0.1, 0.15) is 11.3 Å². The van der Waals surface area contributed by atoms with Crippen LogP contribution in [0, 0.1) is 20.6 Å². The summed E-state index contributed by atoms with van der Waals surface area (Å²) in [5, 5.41) is 14.1. The van der Waals surface area contributed by atoms with Crippen LogP contribution in [-0.2, 0) is 6.54 Å². The number of anilines is 1. The Hall–Kier alpha value is -1.70. The van der Waals surface area contributed by atoms with Gasteiger partial charge in [0.2, 0.25) is 0 Å². The van der Waals surface area contributed by atoms with Gasteiger partial charge in [0.05, 0.1) is 4.92 Å². The Morgan fingerprint density at radius 1 is 1.37 bits per heavy atom. The minimum atomic E-state index is -0.377. The van der Waals surface area contributed by atoms with E-state index in [-0.39, 0.29) is 10.6 Å². The van der Waals surface area contributed by atoms with Gasteiger partial charge in [0, 0.05) is 28.1 Å². The van der Waals surface area contributed by atoms with E-state index < -0.39 is 0 Å². The smallest absolute Gasteiger partial charge is 0.293 e. The number of rotatable bonds is 4. The third-order valence-electron chi connectivity index (χ3n) is 2.61. The van der Waals surface area contributed by atoms with Crippen molar-refractivity contribution in [1.29, 1.82) is 0 Å². The lowest BCUT2D eigenvalue weighted by Crippen LogP contribution is -2.03. The van der Waals surface area contributed by atoms with Gasteiger partial charge in [0.15, 0.2) is 0 Å². The number of nitrogens with zero attached hydrogens (tertiary/aromatic N) is 2.